The summed E-state index contributed by atoms with van der Waals surface area (Å²) in [6, 6.07) is 67.0. The molecule has 0 N–H and O–H groups in total. The number of rotatable bonds is 5. The summed E-state index contributed by atoms with van der Waals surface area (Å²) in [6.07, 6.45) is 0. The zero-order chi connectivity index (χ0) is 35.6. The maximum Gasteiger partial charge on any atom is 0.164 e. The maximum atomic E-state index is 5.30. The van der Waals surface area contributed by atoms with E-state index in [4.69, 9.17) is 15.0 Å². The third-order valence-corrected chi connectivity index (χ3v) is 12.3. The van der Waals surface area contributed by atoms with Gasteiger partial charge in [-0.25, -0.2) is 15.0 Å². The highest BCUT2D eigenvalue weighted by molar-refractivity contribution is 7.17. The molecule has 252 valence electrons. The van der Waals surface area contributed by atoms with Gasteiger partial charge in [-0.1, -0.05) is 188 Å². The van der Waals surface area contributed by atoms with Crippen molar-refractivity contribution in [1.82, 2.24) is 15.0 Å². The summed E-state index contributed by atoms with van der Waals surface area (Å²) < 4.78 is 0. The van der Waals surface area contributed by atoms with E-state index < -0.39 is 5.41 Å². The van der Waals surface area contributed by atoms with Crippen LogP contribution in [-0.4, -0.2) is 15.0 Å². The van der Waals surface area contributed by atoms with Crippen molar-refractivity contribution >= 4 is 11.3 Å². The Bertz CT molecular complexity index is 2760. The fourth-order valence-electron chi connectivity index (χ4n) is 8.75. The quantitative estimate of drug-likeness (QED) is 0.179. The van der Waals surface area contributed by atoms with Crippen molar-refractivity contribution in [2.24, 2.45) is 0 Å². The number of hydrogen-bond donors (Lipinski definition) is 0. The van der Waals surface area contributed by atoms with Crippen LogP contribution in [0.25, 0.3) is 78.0 Å². The number of thiophene rings is 1. The molecule has 7 aromatic carbocycles. The number of aromatic nitrogens is 3. The van der Waals surface area contributed by atoms with E-state index in [1.807, 2.05) is 47.7 Å². The summed E-state index contributed by atoms with van der Waals surface area (Å²) >= 11 is 1.93. The minimum Gasteiger partial charge on any atom is -0.208 e. The summed E-state index contributed by atoms with van der Waals surface area (Å²) in [5, 5.41) is 0. The Kier molecular flexibility index (Phi) is 6.94. The maximum absolute atomic E-state index is 5.30. The van der Waals surface area contributed by atoms with Crippen molar-refractivity contribution in [3.63, 3.8) is 0 Å². The third kappa shape index (κ3) is 4.44. The molecule has 4 heteroatoms. The molecule has 9 aromatic rings. The number of benzene rings is 7. The van der Waals surface area contributed by atoms with Crippen molar-refractivity contribution in [1.29, 1.82) is 0 Å². The fraction of sp³-hybridized carbons (Fsp3) is 0.0200. The van der Waals surface area contributed by atoms with Crippen molar-refractivity contribution in [2.45, 2.75) is 5.41 Å². The Hall–Kier alpha value is -6.75. The van der Waals surface area contributed by atoms with Crippen molar-refractivity contribution in [3.05, 3.63) is 210 Å². The molecule has 1 spiro atoms. The van der Waals surface area contributed by atoms with Gasteiger partial charge >= 0.3 is 0 Å². The predicted molar refractivity (Wildman–Crippen MR) is 221 cm³/mol. The van der Waals surface area contributed by atoms with E-state index in [1.54, 1.807) is 0 Å². The van der Waals surface area contributed by atoms with Gasteiger partial charge in [-0.3, -0.25) is 0 Å². The molecule has 0 saturated carbocycles. The van der Waals surface area contributed by atoms with Gasteiger partial charge in [0.15, 0.2) is 17.5 Å². The Morgan fingerprint density at radius 2 is 0.741 bits per heavy atom. The van der Waals surface area contributed by atoms with E-state index >= 15 is 0 Å². The first-order chi connectivity index (χ1) is 26.8. The topological polar surface area (TPSA) is 38.7 Å². The van der Waals surface area contributed by atoms with Crippen molar-refractivity contribution in [2.75, 3.05) is 0 Å². The van der Waals surface area contributed by atoms with Crippen LogP contribution in [0.2, 0.25) is 0 Å². The van der Waals surface area contributed by atoms with Crippen LogP contribution in [0, 0.1) is 0 Å². The molecule has 11 rings (SSSR count). The Labute approximate surface area is 318 Å². The Balaban J connectivity index is 1.30. The van der Waals surface area contributed by atoms with E-state index in [0.717, 1.165) is 16.7 Å². The molecule has 3 nitrogen and oxygen atoms in total. The summed E-state index contributed by atoms with van der Waals surface area (Å²) in [7, 11) is 0. The second-order valence-electron chi connectivity index (χ2n) is 13.8. The lowest BCUT2D eigenvalue weighted by molar-refractivity contribution is 0.811. The molecule has 0 aliphatic heterocycles. The van der Waals surface area contributed by atoms with E-state index in [9.17, 15) is 0 Å². The SMILES string of the molecule is c1ccc(-c2nc(-c3ccccc3)nc(-c3cccc4c3-c3c(sc(-c5ccccc5)c3-c3ccccc3)C43c4ccccc4-c4ccccc43)n2)cc1. The molecule has 0 fully saturated rings. The smallest absolute Gasteiger partial charge is 0.164 e. The monoisotopic (exact) mass is 705 g/mol. The Morgan fingerprint density at radius 3 is 1.30 bits per heavy atom. The lowest BCUT2D eigenvalue weighted by Crippen LogP contribution is -2.24. The molecular weight excluding hydrogens is 675 g/mol. The number of fused-ring (bicyclic) bond motifs is 10. The van der Waals surface area contributed by atoms with Gasteiger partial charge in [0.2, 0.25) is 0 Å². The second kappa shape index (κ2) is 12.2. The van der Waals surface area contributed by atoms with E-state index in [2.05, 4.69) is 152 Å². The van der Waals surface area contributed by atoms with Crippen LogP contribution in [-0.2, 0) is 5.41 Å². The van der Waals surface area contributed by atoms with Crippen LogP contribution in [0.5, 0.6) is 0 Å². The molecule has 54 heavy (non-hydrogen) atoms. The van der Waals surface area contributed by atoms with Gasteiger partial charge in [-0.2, -0.15) is 0 Å². The molecule has 0 atom stereocenters. The van der Waals surface area contributed by atoms with E-state index in [-0.39, 0.29) is 0 Å². The first-order valence-corrected chi connectivity index (χ1v) is 19.1. The molecule has 2 aliphatic rings. The van der Waals surface area contributed by atoms with Gasteiger partial charge < -0.3 is 0 Å². The van der Waals surface area contributed by atoms with Crippen LogP contribution in [0.4, 0.5) is 0 Å². The fourth-order valence-corrected chi connectivity index (χ4v) is 10.3. The zero-order valence-corrected chi connectivity index (χ0v) is 30.0. The summed E-state index contributed by atoms with van der Waals surface area (Å²) in [6.45, 7) is 0. The van der Waals surface area contributed by atoms with Crippen LogP contribution < -0.4 is 0 Å². The van der Waals surface area contributed by atoms with Gasteiger partial charge in [-0.15, -0.1) is 11.3 Å². The normalized spacial score (nSPS) is 13.0. The van der Waals surface area contributed by atoms with E-state index in [1.165, 1.54) is 65.4 Å². The van der Waals surface area contributed by atoms with Crippen LogP contribution >= 0.6 is 11.3 Å². The molecule has 0 unspecified atom stereocenters. The first kappa shape index (κ1) is 30.8. The van der Waals surface area contributed by atoms with Crippen molar-refractivity contribution in [3.8, 4) is 78.0 Å². The predicted octanol–water partition coefficient (Wildman–Crippen LogP) is 12.6. The van der Waals surface area contributed by atoms with E-state index in [0.29, 0.717) is 17.5 Å². The molecule has 0 amide bonds. The molecule has 2 aromatic heterocycles. The van der Waals surface area contributed by atoms with Gasteiger partial charge in [-0.05, 0) is 44.5 Å². The van der Waals surface area contributed by atoms with Gasteiger partial charge in [0.05, 0.1) is 5.41 Å². The zero-order valence-electron chi connectivity index (χ0n) is 29.1. The van der Waals surface area contributed by atoms with Gasteiger partial charge in [0.1, 0.15) is 0 Å². The Morgan fingerprint density at radius 1 is 0.315 bits per heavy atom. The summed E-state index contributed by atoms with van der Waals surface area (Å²) in [5.74, 6) is 1.97. The molecule has 0 bridgehead atoms. The van der Waals surface area contributed by atoms with Crippen molar-refractivity contribution < 1.29 is 0 Å². The molecule has 2 heterocycles. The van der Waals surface area contributed by atoms with Crippen LogP contribution in [0.15, 0.2) is 188 Å². The lowest BCUT2D eigenvalue weighted by Gasteiger charge is -2.29. The van der Waals surface area contributed by atoms with Crippen LogP contribution in [0.3, 0.4) is 0 Å². The molecule has 0 saturated heterocycles. The highest BCUT2D eigenvalue weighted by Crippen LogP contribution is 2.68. The molecular formula is C50H31N3S. The largest absolute Gasteiger partial charge is 0.208 e. The number of nitrogens with zero attached hydrogens (tertiary/aromatic N) is 3. The minimum atomic E-state index is -0.521. The average Bonchev–Trinajstić information content (AvgIpc) is 3.89. The lowest BCUT2D eigenvalue weighted by atomic mass is 9.73. The molecule has 2 aliphatic carbocycles. The second-order valence-corrected chi connectivity index (χ2v) is 14.9. The molecule has 0 radical (unpaired) electrons. The van der Waals surface area contributed by atoms with Crippen LogP contribution in [0.1, 0.15) is 21.6 Å². The minimum absolute atomic E-state index is 0.521. The third-order valence-electron chi connectivity index (χ3n) is 11.0. The number of hydrogen-bond acceptors (Lipinski definition) is 4. The highest BCUT2D eigenvalue weighted by Gasteiger charge is 2.54. The summed E-state index contributed by atoms with van der Waals surface area (Å²) in [5.41, 5.74) is 14.9. The van der Waals surface area contributed by atoms with Gasteiger partial charge in [0, 0.05) is 37.6 Å². The summed E-state index contributed by atoms with van der Waals surface area (Å²) in [4.78, 5) is 18.3. The first-order valence-electron chi connectivity index (χ1n) is 18.3. The standard InChI is InChI=1S/C50H31N3S/c1-5-18-32(19-6-1)42-44-43-38(49-52-47(34-22-9-3-10-23-34)51-48(53-49)35-24-11-4-12-25-35)28-17-31-41(43)50(46(44)54-45(42)33-20-7-2-8-21-33)39-29-15-13-26-36(39)37-27-14-16-30-40(37)50/h1-31H. The average molecular weight is 706 g/mol. The highest BCUT2D eigenvalue weighted by atomic mass is 32.1. The van der Waals surface area contributed by atoms with Gasteiger partial charge in [0.25, 0.3) is 0 Å².